The van der Waals surface area contributed by atoms with E-state index in [0.717, 1.165) is 18.2 Å². The third-order valence-corrected chi connectivity index (χ3v) is 7.41. The van der Waals surface area contributed by atoms with Crippen LogP contribution in [0.4, 0.5) is 20.4 Å². The molecule has 0 bridgehead atoms. The minimum atomic E-state index is -4.26. The zero-order valence-electron chi connectivity index (χ0n) is 19.7. The number of fused-ring (bicyclic) bond motifs is 1. The molecule has 192 valence electrons. The van der Waals surface area contributed by atoms with Crippen molar-refractivity contribution in [2.45, 2.75) is 25.7 Å². The second kappa shape index (κ2) is 9.85. The number of nitrogens with zero attached hydrogens (tertiary/aromatic N) is 2. The second-order valence-electron chi connectivity index (χ2n) is 9.14. The van der Waals surface area contributed by atoms with Crippen LogP contribution in [0.5, 0.6) is 0 Å². The van der Waals surface area contributed by atoms with Crippen molar-refractivity contribution >= 4 is 61.7 Å². The van der Waals surface area contributed by atoms with Gasteiger partial charge in [0.15, 0.2) is 5.82 Å². The van der Waals surface area contributed by atoms with Crippen LogP contribution in [0, 0.1) is 17.0 Å². The normalized spacial score (nSPS) is 12.0. The van der Waals surface area contributed by atoms with Gasteiger partial charge in [-0.15, -0.1) is 0 Å². The first kappa shape index (κ1) is 26.7. The number of amides is 1. The van der Waals surface area contributed by atoms with Gasteiger partial charge in [0.2, 0.25) is 11.9 Å². The van der Waals surface area contributed by atoms with Gasteiger partial charge in [-0.1, -0.05) is 50.0 Å². The van der Waals surface area contributed by atoms with Crippen molar-refractivity contribution in [1.82, 2.24) is 9.97 Å². The summed E-state index contributed by atoms with van der Waals surface area (Å²) in [4.78, 5) is 20.3. The first-order valence-electron chi connectivity index (χ1n) is 10.8. The summed E-state index contributed by atoms with van der Waals surface area (Å²) in [6, 6.07) is 9.98. The molecule has 4 rings (SSSR count). The van der Waals surface area contributed by atoms with Crippen LogP contribution >= 0.6 is 23.2 Å². The Kier molecular flexibility index (Phi) is 7.11. The molecule has 0 saturated carbocycles. The summed E-state index contributed by atoms with van der Waals surface area (Å²) in [6.45, 7) is 5.24. The van der Waals surface area contributed by atoms with E-state index in [9.17, 15) is 17.6 Å². The van der Waals surface area contributed by atoms with E-state index in [2.05, 4.69) is 20.0 Å². The van der Waals surface area contributed by atoms with E-state index in [0.29, 0.717) is 10.9 Å². The summed E-state index contributed by atoms with van der Waals surface area (Å²) in [6.07, 6.45) is 1.41. The van der Waals surface area contributed by atoms with Gasteiger partial charge in [-0.05, 0) is 48.0 Å². The Morgan fingerprint density at radius 3 is 2.38 bits per heavy atom. The minimum absolute atomic E-state index is 0.00400. The van der Waals surface area contributed by atoms with Gasteiger partial charge in [-0.3, -0.25) is 14.8 Å². The summed E-state index contributed by atoms with van der Waals surface area (Å²) in [5.74, 6) is -2.19. The van der Waals surface area contributed by atoms with E-state index < -0.39 is 38.3 Å². The van der Waals surface area contributed by atoms with Crippen molar-refractivity contribution in [3.63, 3.8) is 0 Å². The lowest BCUT2D eigenvalue weighted by Gasteiger charge is -2.16. The molecule has 7 nitrogen and oxygen atoms in total. The molecule has 0 unspecified atom stereocenters. The smallest absolute Gasteiger partial charge is 0.262 e. The zero-order valence-corrected chi connectivity index (χ0v) is 22.1. The standard InChI is InChI=1S/C25H20Cl2F2N4O3S/c1-25(2,3)23(34)32-24-30-12-14-10-13(4-8-19(14)31-24)21-18(28)7-9-20(22(21)29)33-37(35,36)15-5-6-16(26)17(27)11-15/h4-12,33H,1-3H3,(H,30,31,32,34). The van der Waals surface area contributed by atoms with E-state index in [-0.39, 0.29) is 32.4 Å². The van der Waals surface area contributed by atoms with Crippen LogP contribution in [0.2, 0.25) is 10.0 Å². The van der Waals surface area contributed by atoms with Gasteiger partial charge < -0.3 is 0 Å². The summed E-state index contributed by atoms with van der Waals surface area (Å²) >= 11 is 11.7. The molecule has 2 N–H and O–H groups in total. The summed E-state index contributed by atoms with van der Waals surface area (Å²) in [5, 5.41) is 3.23. The second-order valence-corrected chi connectivity index (χ2v) is 11.6. The molecular weight excluding hydrogens is 545 g/mol. The molecule has 4 aromatic rings. The van der Waals surface area contributed by atoms with E-state index >= 15 is 4.39 Å². The SMILES string of the molecule is CC(C)(C)C(=O)Nc1ncc2cc(-c3c(F)ccc(NS(=O)(=O)c4ccc(Cl)c(Cl)c4)c3F)ccc2n1. The lowest BCUT2D eigenvalue weighted by atomic mass is 9.96. The molecule has 0 aliphatic heterocycles. The van der Waals surface area contributed by atoms with E-state index in [1.807, 2.05) is 0 Å². The molecule has 3 aromatic carbocycles. The molecule has 0 aliphatic carbocycles. The largest absolute Gasteiger partial charge is 0.294 e. The molecule has 0 radical (unpaired) electrons. The van der Waals surface area contributed by atoms with Crippen molar-refractivity contribution in [3.8, 4) is 11.1 Å². The highest BCUT2D eigenvalue weighted by molar-refractivity contribution is 7.92. The topological polar surface area (TPSA) is 101 Å². The molecule has 1 aromatic heterocycles. The lowest BCUT2D eigenvalue weighted by Crippen LogP contribution is -2.28. The van der Waals surface area contributed by atoms with Gasteiger partial charge in [0.25, 0.3) is 10.0 Å². The predicted octanol–water partition coefficient (Wildman–Crippen LogP) is 6.67. The fourth-order valence-corrected chi connectivity index (χ4v) is 4.73. The average Bonchev–Trinajstić information content (AvgIpc) is 2.82. The molecule has 0 spiro atoms. The molecule has 0 fully saturated rings. The Morgan fingerprint density at radius 2 is 1.70 bits per heavy atom. The highest BCUT2D eigenvalue weighted by atomic mass is 35.5. The van der Waals surface area contributed by atoms with Crippen LogP contribution in [0.15, 0.2) is 59.6 Å². The molecule has 1 amide bonds. The highest BCUT2D eigenvalue weighted by Crippen LogP contribution is 2.34. The van der Waals surface area contributed by atoms with Crippen molar-refractivity contribution in [2.24, 2.45) is 5.41 Å². The van der Waals surface area contributed by atoms with Crippen LogP contribution in [-0.2, 0) is 14.8 Å². The molecule has 0 atom stereocenters. The van der Waals surface area contributed by atoms with Gasteiger partial charge in [-0.2, -0.15) is 0 Å². The maximum atomic E-state index is 15.4. The number of hydrogen-bond acceptors (Lipinski definition) is 5. The maximum Gasteiger partial charge on any atom is 0.262 e. The quantitative estimate of drug-likeness (QED) is 0.282. The van der Waals surface area contributed by atoms with Crippen molar-refractivity contribution in [1.29, 1.82) is 0 Å². The van der Waals surface area contributed by atoms with Gasteiger partial charge in [0.05, 0.1) is 31.7 Å². The number of carbonyl (C=O) groups excluding carboxylic acids is 1. The number of anilines is 2. The Labute approximate surface area is 221 Å². The molecule has 1 heterocycles. The minimum Gasteiger partial charge on any atom is -0.294 e. The average molecular weight is 565 g/mol. The number of carbonyl (C=O) groups is 1. The summed E-state index contributed by atoms with van der Waals surface area (Å²) in [5.41, 5.74) is -0.988. The van der Waals surface area contributed by atoms with E-state index in [1.54, 1.807) is 20.8 Å². The third-order valence-electron chi connectivity index (χ3n) is 5.31. The number of nitrogens with one attached hydrogen (secondary N) is 2. The van der Waals surface area contributed by atoms with Gasteiger partial charge in [-0.25, -0.2) is 27.2 Å². The number of aromatic nitrogens is 2. The molecule has 12 heteroatoms. The van der Waals surface area contributed by atoms with Gasteiger partial charge in [0, 0.05) is 17.0 Å². The monoisotopic (exact) mass is 564 g/mol. The Balaban J connectivity index is 1.69. The Hall–Kier alpha value is -3.34. The predicted molar refractivity (Wildman–Crippen MR) is 140 cm³/mol. The van der Waals surface area contributed by atoms with E-state index in [4.69, 9.17) is 23.2 Å². The fraction of sp³-hybridized carbons (Fsp3) is 0.160. The van der Waals surface area contributed by atoms with Crippen LogP contribution in [0.1, 0.15) is 20.8 Å². The van der Waals surface area contributed by atoms with Gasteiger partial charge >= 0.3 is 0 Å². The Morgan fingerprint density at radius 1 is 0.973 bits per heavy atom. The van der Waals surface area contributed by atoms with Crippen LogP contribution in [-0.4, -0.2) is 24.3 Å². The zero-order chi connectivity index (χ0) is 27.1. The van der Waals surface area contributed by atoms with Crippen molar-refractivity contribution < 1.29 is 22.0 Å². The van der Waals surface area contributed by atoms with Crippen LogP contribution in [0.3, 0.4) is 0 Å². The number of halogens is 4. The molecule has 0 aliphatic rings. The van der Waals surface area contributed by atoms with Gasteiger partial charge in [0.1, 0.15) is 5.82 Å². The van der Waals surface area contributed by atoms with Crippen molar-refractivity contribution in [2.75, 3.05) is 10.0 Å². The fourth-order valence-electron chi connectivity index (χ4n) is 3.28. The highest BCUT2D eigenvalue weighted by Gasteiger charge is 2.23. The number of hydrogen-bond donors (Lipinski definition) is 2. The maximum absolute atomic E-state index is 15.4. The number of rotatable bonds is 5. The number of sulfonamides is 1. The summed E-state index contributed by atoms with van der Waals surface area (Å²) < 4.78 is 57.9. The van der Waals surface area contributed by atoms with Crippen LogP contribution in [0.25, 0.3) is 22.0 Å². The Bertz CT molecular complexity index is 1660. The lowest BCUT2D eigenvalue weighted by molar-refractivity contribution is -0.123. The molecule has 37 heavy (non-hydrogen) atoms. The van der Waals surface area contributed by atoms with E-state index in [1.165, 1.54) is 36.5 Å². The first-order valence-corrected chi connectivity index (χ1v) is 13.0. The first-order chi connectivity index (χ1) is 17.3. The summed E-state index contributed by atoms with van der Waals surface area (Å²) in [7, 11) is -4.26. The number of benzene rings is 3. The third kappa shape index (κ3) is 5.66. The van der Waals surface area contributed by atoms with Crippen LogP contribution < -0.4 is 10.0 Å². The van der Waals surface area contributed by atoms with Crippen molar-refractivity contribution in [3.05, 3.63) is 76.4 Å². The molecular formula is C25H20Cl2F2N4O3S. The molecule has 0 saturated heterocycles.